The molecule has 3 aliphatic rings. The zero-order valence-corrected chi connectivity index (χ0v) is 18.1. The van der Waals surface area contributed by atoms with Gasteiger partial charge in [0.25, 0.3) is 0 Å². The number of aromatic nitrogens is 2. The highest BCUT2D eigenvalue weighted by Gasteiger charge is 2.32. The Labute approximate surface area is 180 Å². The van der Waals surface area contributed by atoms with Gasteiger partial charge in [-0.05, 0) is 94.8 Å². The van der Waals surface area contributed by atoms with Crippen LogP contribution in [0.3, 0.4) is 0 Å². The Morgan fingerprint density at radius 2 is 1.93 bits per heavy atom. The molecule has 5 rings (SSSR count). The fourth-order valence-electron chi connectivity index (χ4n) is 4.44. The molecular weight excluding hydrogens is 382 g/mol. The molecule has 29 heavy (non-hydrogen) atoms. The third-order valence-corrected chi connectivity index (χ3v) is 6.32. The molecule has 154 valence electrons. The molecule has 1 atom stereocenters. The Morgan fingerprint density at radius 1 is 1.14 bits per heavy atom. The van der Waals surface area contributed by atoms with Crippen molar-refractivity contribution >= 4 is 12.4 Å². The number of hydrogen-bond acceptors (Lipinski definition) is 5. The summed E-state index contributed by atoms with van der Waals surface area (Å²) in [5.41, 5.74) is 5.33. The standard InChI is InChI=1S/C23H29N5.ClH/c1-16-5-6-19(12-17(16)2)21-14-20(26-22(15-24)27-21)4-3-9-25-23-13-18-7-10-28(23)11-8-18;/h5-6,12,14,18,23,25H,3-4,7-11,13H2,1-2H3;1H/t23-;/m0./s1. The van der Waals surface area contributed by atoms with Gasteiger partial charge < -0.3 is 5.32 Å². The summed E-state index contributed by atoms with van der Waals surface area (Å²) in [6.07, 6.45) is 6.47. The minimum absolute atomic E-state index is 0. The fourth-order valence-corrected chi connectivity index (χ4v) is 4.44. The molecule has 1 N–H and O–H groups in total. The van der Waals surface area contributed by atoms with Crippen LogP contribution in [-0.4, -0.2) is 40.7 Å². The summed E-state index contributed by atoms with van der Waals surface area (Å²) in [6, 6.07) is 10.5. The normalized spacial score (nSPS) is 22.7. The average Bonchev–Trinajstić information content (AvgIpc) is 2.74. The third kappa shape index (κ3) is 5.14. The number of nitrogens with one attached hydrogen (secondary N) is 1. The number of nitriles is 1. The van der Waals surface area contributed by atoms with Gasteiger partial charge in [0.1, 0.15) is 6.07 Å². The third-order valence-electron chi connectivity index (χ3n) is 6.32. The van der Waals surface area contributed by atoms with Crippen molar-refractivity contribution in [2.24, 2.45) is 5.92 Å². The molecule has 5 nitrogen and oxygen atoms in total. The van der Waals surface area contributed by atoms with Crippen LogP contribution in [0.5, 0.6) is 0 Å². The highest BCUT2D eigenvalue weighted by Crippen LogP contribution is 2.30. The van der Waals surface area contributed by atoms with E-state index in [4.69, 9.17) is 0 Å². The Hall–Kier alpha value is -2.00. The lowest BCUT2D eigenvalue weighted by Gasteiger charge is -2.45. The van der Waals surface area contributed by atoms with Crippen LogP contribution in [-0.2, 0) is 6.42 Å². The number of fused-ring (bicyclic) bond motifs is 3. The molecule has 6 heteroatoms. The predicted octanol–water partition coefficient (Wildman–Crippen LogP) is 4.02. The molecule has 3 saturated heterocycles. The van der Waals surface area contributed by atoms with Gasteiger partial charge in [0.15, 0.2) is 0 Å². The summed E-state index contributed by atoms with van der Waals surface area (Å²) in [7, 11) is 0. The molecular formula is C23H30ClN5. The number of hydrogen-bond donors (Lipinski definition) is 1. The van der Waals surface area contributed by atoms with E-state index in [0.717, 1.165) is 42.3 Å². The lowest BCUT2D eigenvalue weighted by atomic mass is 9.86. The highest BCUT2D eigenvalue weighted by molar-refractivity contribution is 5.85. The van der Waals surface area contributed by atoms with Crippen molar-refractivity contribution in [2.75, 3.05) is 19.6 Å². The van der Waals surface area contributed by atoms with Crippen LogP contribution < -0.4 is 5.32 Å². The first kappa shape index (κ1) is 21.7. The largest absolute Gasteiger partial charge is 0.302 e. The van der Waals surface area contributed by atoms with Crippen LogP contribution in [0, 0.1) is 31.1 Å². The first-order valence-corrected chi connectivity index (χ1v) is 10.5. The zero-order chi connectivity index (χ0) is 19.5. The van der Waals surface area contributed by atoms with Gasteiger partial charge >= 0.3 is 0 Å². The fraction of sp³-hybridized carbons (Fsp3) is 0.522. The summed E-state index contributed by atoms with van der Waals surface area (Å²) in [5, 5.41) is 13.1. The molecule has 3 fully saturated rings. The van der Waals surface area contributed by atoms with Crippen molar-refractivity contribution in [1.82, 2.24) is 20.2 Å². The van der Waals surface area contributed by atoms with E-state index < -0.39 is 0 Å². The van der Waals surface area contributed by atoms with E-state index >= 15 is 0 Å². The Morgan fingerprint density at radius 3 is 2.59 bits per heavy atom. The molecule has 2 bridgehead atoms. The maximum absolute atomic E-state index is 9.34. The number of rotatable bonds is 6. The lowest BCUT2D eigenvalue weighted by Crippen LogP contribution is -2.55. The van der Waals surface area contributed by atoms with Gasteiger partial charge in [0, 0.05) is 11.3 Å². The molecule has 0 aliphatic carbocycles. The predicted molar refractivity (Wildman–Crippen MR) is 118 cm³/mol. The molecule has 0 saturated carbocycles. The second-order valence-electron chi connectivity index (χ2n) is 8.27. The van der Waals surface area contributed by atoms with Crippen molar-refractivity contribution in [1.29, 1.82) is 5.26 Å². The number of piperidine rings is 3. The van der Waals surface area contributed by atoms with Gasteiger partial charge in [0.2, 0.25) is 5.82 Å². The number of nitrogens with zero attached hydrogens (tertiary/aromatic N) is 4. The van der Waals surface area contributed by atoms with Gasteiger partial charge in [-0.15, -0.1) is 12.4 Å². The van der Waals surface area contributed by atoms with Crippen LogP contribution in [0.1, 0.15) is 48.3 Å². The monoisotopic (exact) mass is 411 g/mol. The zero-order valence-electron chi connectivity index (χ0n) is 17.3. The maximum Gasteiger partial charge on any atom is 0.232 e. The lowest BCUT2D eigenvalue weighted by molar-refractivity contribution is 0.0314. The smallest absolute Gasteiger partial charge is 0.232 e. The number of halogens is 1. The minimum Gasteiger partial charge on any atom is -0.302 e. The maximum atomic E-state index is 9.34. The van der Waals surface area contributed by atoms with Crippen LogP contribution in [0.25, 0.3) is 11.3 Å². The Kier molecular flexibility index (Phi) is 7.23. The Bertz CT molecular complexity index is 883. The summed E-state index contributed by atoms with van der Waals surface area (Å²) in [4.78, 5) is 11.4. The molecule has 2 aromatic rings. The molecule has 0 amide bonds. The number of aryl methyl sites for hydroxylation is 3. The second-order valence-corrected chi connectivity index (χ2v) is 8.27. The van der Waals surface area contributed by atoms with Gasteiger partial charge in [-0.25, -0.2) is 9.97 Å². The second kappa shape index (κ2) is 9.67. The van der Waals surface area contributed by atoms with Crippen LogP contribution in [0.4, 0.5) is 0 Å². The van der Waals surface area contributed by atoms with E-state index in [9.17, 15) is 5.26 Å². The first-order valence-electron chi connectivity index (χ1n) is 10.5. The summed E-state index contributed by atoms with van der Waals surface area (Å²) in [5.74, 6) is 1.18. The van der Waals surface area contributed by atoms with Crippen LogP contribution in [0.2, 0.25) is 0 Å². The van der Waals surface area contributed by atoms with Crippen molar-refractivity contribution in [3.05, 3.63) is 46.9 Å². The molecule has 4 heterocycles. The van der Waals surface area contributed by atoms with Gasteiger partial charge in [0.05, 0.1) is 11.9 Å². The molecule has 0 unspecified atom stereocenters. The van der Waals surface area contributed by atoms with E-state index in [2.05, 4.69) is 58.3 Å². The minimum atomic E-state index is 0. The van der Waals surface area contributed by atoms with Crippen molar-refractivity contribution in [3.8, 4) is 17.3 Å². The van der Waals surface area contributed by atoms with E-state index in [-0.39, 0.29) is 18.2 Å². The topological polar surface area (TPSA) is 64.8 Å². The molecule has 3 aliphatic heterocycles. The average molecular weight is 412 g/mol. The van der Waals surface area contributed by atoms with Crippen molar-refractivity contribution < 1.29 is 0 Å². The van der Waals surface area contributed by atoms with Crippen LogP contribution >= 0.6 is 12.4 Å². The van der Waals surface area contributed by atoms with Gasteiger partial charge in [-0.3, -0.25) is 4.90 Å². The first-order chi connectivity index (χ1) is 13.6. The summed E-state index contributed by atoms with van der Waals surface area (Å²) < 4.78 is 0. The summed E-state index contributed by atoms with van der Waals surface area (Å²) in [6.45, 7) is 7.69. The SMILES string of the molecule is Cc1ccc(-c2cc(CCCN[C@@H]3CC4CCN3CC4)nc(C#N)n2)cc1C.Cl. The van der Waals surface area contributed by atoms with Crippen molar-refractivity contribution in [3.63, 3.8) is 0 Å². The van der Waals surface area contributed by atoms with E-state index in [0.29, 0.717) is 6.17 Å². The number of benzene rings is 1. The quantitative estimate of drug-likeness (QED) is 0.727. The van der Waals surface area contributed by atoms with E-state index in [1.165, 1.54) is 43.5 Å². The van der Waals surface area contributed by atoms with Gasteiger partial charge in [-0.2, -0.15) is 5.26 Å². The molecule has 1 aromatic heterocycles. The Balaban J connectivity index is 0.00000240. The molecule has 1 aromatic carbocycles. The van der Waals surface area contributed by atoms with E-state index in [1.807, 2.05) is 6.07 Å². The van der Waals surface area contributed by atoms with E-state index in [1.54, 1.807) is 0 Å². The van der Waals surface area contributed by atoms with Crippen molar-refractivity contribution in [2.45, 2.75) is 52.1 Å². The van der Waals surface area contributed by atoms with Gasteiger partial charge in [-0.1, -0.05) is 12.1 Å². The summed E-state index contributed by atoms with van der Waals surface area (Å²) >= 11 is 0. The molecule has 0 spiro atoms. The highest BCUT2D eigenvalue weighted by atomic mass is 35.5. The molecule has 0 radical (unpaired) electrons. The van der Waals surface area contributed by atoms with Crippen LogP contribution in [0.15, 0.2) is 24.3 Å².